The summed E-state index contributed by atoms with van der Waals surface area (Å²) in [5.74, 6) is 0. The molecular formula is C19H22BrN. The average molecular weight is 344 g/mol. The van der Waals surface area contributed by atoms with Gasteiger partial charge in [0.15, 0.2) is 0 Å². The van der Waals surface area contributed by atoms with Gasteiger partial charge in [0.25, 0.3) is 0 Å². The summed E-state index contributed by atoms with van der Waals surface area (Å²) in [6, 6.07) is 17.5. The first-order chi connectivity index (χ1) is 10.0. The van der Waals surface area contributed by atoms with E-state index in [2.05, 4.69) is 89.8 Å². The Balaban J connectivity index is 2.08. The van der Waals surface area contributed by atoms with E-state index in [4.69, 9.17) is 0 Å². The molecule has 110 valence electrons. The summed E-state index contributed by atoms with van der Waals surface area (Å²) in [6.45, 7) is 10.9. The van der Waals surface area contributed by atoms with Crippen LogP contribution in [0.2, 0.25) is 0 Å². The molecule has 0 aliphatic rings. The van der Waals surface area contributed by atoms with Gasteiger partial charge in [0.2, 0.25) is 0 Å². The number of halogens is 1. The summed E-state index contributed by atoms with van der Waals surface area (Å²) in [7, 11) is 0. The molecule has 0 aromatic heterocycles. The van der Waals surface area contributed by atoms with E-state index >= 15 is 0 Å². The summed E-state index contributed by atoms with van der Waals surface area (Å²) in [6.07, 6.45) is 0. The van der Waals surface area contributed by atoms with E-state index in [0.717, 1.165) is 24.1 Å². The van der Waals surface area contributed by atoms with Gasteiger partial charge in [-0.3, -0.25) is 4.90 Å². The minimum atomic E-state index is 0.849. The van der Waals surface area contributed by atoms with E-state index in [1.54, 1.807) is 0 Å². The molecule has 2 aromatic rings. The molecular weight excluding hydrogens is 322 g/mol. The lowest BCUT2D eigenvalue weighted by atomic mass is 10.1. The Hall–Kier alpha value is -1.38. The minimum absolute atomic E-state index is 0.849. The largest absolute Gasteiger partial charge is 0.290 e. The maximum absolute atomic E-state index is 3.98. The second-order valence-electron chi connectivity index (χ2n) is 5.63. The highest BCUT2D eigenvalue weighted by molar-refractivity contribution is 9.11. The third kappa shape index (κ3) is 5.49. The molecule has 0 spiro atoms. The van der Waals surface area contributed by atoms with Crippen molar-refractivity contribution in [2.45, 2.75) is 26.9 Å². The van der Waals surface area contributed by atoms with E-state index < -0.39 is 0 Å². The number of hydrogen-bond acceptors (Lipinski definition) is 1. The highest BCUT2D eigenvalue weighted by Crippen LogP contribution is 2.15. The fourth-order valence-electron chi connectivity index (χ4n) is 2.31. The molecule has 2 rings (SSSR count). The van der Waals surface area contributed by atoms with Crippen LogP contribution in [0.1, 0.15) is 22.3 Å². The quantitative estimate of drug-likeness (QED) is 0.695. The van der Waals surface area contributed by atoms with Gasteiger partial charge in [0.1, 0.15) is 0 Å². The van der Waals surface area contributed by atoms with Gasteiger partial charge in [-0.05, 0) is 25.0 Å². The van der Waals surface area contributed by atoms with E-state index in [9.17, 15) is 0 Å². The average Bonchev–Trinajstić information content (AvgIpc) is 2.43. The van der Waals surface area contributed by atoms with Crippen LogP contribution in [-0.4, -0.2) is 11.4 Å². The van der Waals surface area contributed by atoms with Crippen molar-refractivity contribution in [3.05, 3.63) is 81.8 Å². The molecule has 0 fully saturated rings. The summed E-state index contributed by atoms with van der Waals surface area (Å²) < 4.78 is 1.02. The topological polar surface area (TPSA) is 3.24 Å². The SMILES string of the molecule is C=C(Br)CN(Cc1ccc(C)cc1)Cc1ccc(C)cc1. The predicted molar refractivity (Wildman–Crippen MR) is 94.5 cm³/mol. The van der Waals surface area contributed by atoms with Crippen molar-refractivity contribution in [3.8, 4) is 0 Å². The molecule has 0 aliphatic heterocycles. The molecule has 0 unspecified atom stereocenters. The highest BCUT2D eigenvalue weighted by atomic mass is 79.9. The van der Waals surface area contributed by atoms with E-state index in [1.165, 1.54) is 22.3 Å². The molecule has 0 N–H and O–H groups in total. The van der Waals surface area contributed by atoms with Crippen LogP contribution in [0.4, 0.5) is 0 Å². The first-order valence-electron chi connectivity index (χ1n) is 7.19. The normalized spacial score (nSPS) is 10.9. The van der Waals surface area contributed by atoms with Crippen LogP contribution in [-0.2, 0) is 13.1 Å². The Labute approximate surface area is 136 Å². The lowest BCUT2D eigenvalue weighted by Gasteiger charge is -2.22. The lowest BCUT2D eigenvalue weighted by Crippen LogP contribution is -2.24. The zero-order valence-electron chi connectivity index (χ0n) is 12.8. The third-order valence-electron chi connectivity index (χ3n) is 3.45. The van der Waals surface area contributed by atoms with Gasteiger partial charge in [-0.15, -0.1) is 0 Å². The molecule has 0 amide bonds. The molecule has 0 saturated carbocycles. The summed E-state index contributed by atoms with van der Waals surface area (Å²) in [5, 5.41) is 0. The standard InChI is InChI=1S/C19H22BrN/c1-15-4-8-18(9-5-15)13-21(12-17(3)20)14-19-10-6-16(2)7-11-19/h4-11H,3,12-14H2,1-2H3. The number of nitrogens with zero attached hydrogens (tertiary/aromatic N) is 1. The van der Waals surface area contributed by atoms with Gasteiger partial charge in [-0.2, -0.15) is 0 Å². The second kappa shape index (κ2) is 7.58. The zero-order chi connectivity index (χ0) is 15.2. The number of hydrogen-bond donors (Lipinski definition) is 0. The number of benzene rings is 2. The van der Waals surface area contributed by atoms with Crippen molar-refractivity contribution in [1.29, 1.82) is 0 Å². The minimum Gasteiger partial charge on any atom is -0.290 e. The molecule has 2 heteroatoms. The van der Waals surface area contributed by atoms with E-state index in [-0.39, 0.29) is 0 Å². The van der Waals surface area contributed by atoms with Crippen molar-refractivity contribution >= 4 is 15.9 Å². The molecule has 21 heavy (non-hydrogen) atoms. The first-order valence-corrected chi connectivity index (χ1v) is 7.99. The zero-order valence-corrected chi connectivity index (χ0v) is 14.4. The van der Waals surface area contributed by atoms with E-state index in [0.29, 0.717) is 0 Å². The first kappa shape index (κ1) is 16.0. The van der Waals surface area contributed by atoms with Crippen molar-refractivity contribution in [2.75, 3.05) is 6.54 Å². The Morgan fingerprint density at radius 3 is 1.57 bits per heavy atom. The van der Waals surface area contributed by atoms with Crippen LogP contribution in [0.15, 0.2) is 59.6 Å². The van der Waals surface area contributed by atoms with Gasteiger partial charge in [-0.25, -0.2) is 0 Å². The van der Waals surface area contributed by atoms with E-state index in [1.807, 2.05) is 0 Å². The van der Waals surface area contributed by atoms with Gasteiger partial charge in [-0.1, -0.05) is 82.2 Å². The van der Waals surface area contributed by atoms with Crippen LogP contribution in [0, 0.1) is 13.8 Å². The van der Waals surface area contributed by atoms with Crippen molar-refractivity contribution < 1.29 is 0 Å². The maximum atomic E-state index is 3.98. The predicted octanol–water partition coefficient (Wildman–Crippen LogP) is 5.21. The molecule has 0 heterocycles. The Morgan fingerprint density at radius 2 is 1.24 bits per heavy atom. The Bertz CT molecular complexity index is 536. The molecule has 0 radical (unpaired) electrons. The molecule has 0 saturated heterocycles. The maximum Gasteiger partial charge on any atom is 0.0300 e. The van der Waals surface area contributed by atoms with Crippen LogP contribution in [0.25, 0.3) is 0 Å². The van der Waals surface area contributed by atoms with Gasteiger partial charge < -0.3 is 0 Å². The van der Waals surface area contributed by atoms with Crippen LogP contribution in [0.5, 0.6) is 0 Å². The number of rotatable bonds is 6. The Morgan fingerprint density at radius 1 is 0.857 bits per heavy atom. The van der Waals surface area contributed by atoms with Crippen LogP contribution >= 0.6 is 15.9 Å². The Kier molecular flexibility index (Phi) is 5.77. The number of aryl methyl sites for hydroxylation is 2. The van der Waals surface area contributed by atoms with Crippen molar-refractivity contribution in [2.24, 2.45) is 0 Å². The molecule has 1 nitrogen and oxygen atoms in total. The second-order valence-corrected chi connectivity index (χ2v) is 6.76. The fraction of sp³-hybridized carbons (Fsp3) is 0.263. The monoisotopic (exact) mass is 343 g/mol. The van der Waals surface area contributed by atoms with Gasteiger partial charge >= 0.3 is 0 Å². The summed E-state index contributed by atoms with van der Waals surface area (Å²) in [5.41, 5.74) is 5.27. The fourth-order valence-corrected chi connectivity index (χ4v) is 2.67. The molecule has 0 atom stereocenters. The highest BCUT2D eigenvalue weighted by Gasteiger charge is 2.08. The summed E-state index contributed by atoms with van der Waals surface area (Å²) in [4.78, 5) is 2.40. The van der Waals surface area contributed by atoms with Gasteiger partial charge in [0.05, 0.1) is 0 Å². The van der Waals surface area contributed by atoms with Crippen LogP contribution < -0.4 is 0 Å². The third-order valence-corrected chi connectivity index (χ3v) is 3.70. The molecule has 0 bridgehead atoms. The summed E-state index contributed by atoms with van der Waals surface area (Å²) >= 11 is 3.49. The van der Waals surface area contributed by atoms with Crippen molar-refractivity contribution in [1.82, 2.24) is 4.90 Å². The molecule has 0 aliphatic carbocycles. The smallest absolute Gasteiger partial charge is 0.0300 e. The van der Waals surface area contributed by atoms with Gasteiger partial charge in [0, 0.05) is 24.1 Å². The molecule has 2 aromatic carbocycles. The van der Waals surface area contributed by atoms with Crippen molar-refractivity contribution in [3.63, 3.8) is 0 Å². The lowest BCUT2D eigenvalue weighted by molar-refractivity contribution is 0.284. The van der Waals surface area contributed by atoms with Crippen LogP contribution in [0.3, 0.4) is 0 Å².